The average molecular weight is 370 g/mol. The van der Waals surface area contributed by atoms with Gasteiger partial charge in [-0.15, -0.1) is 0 Å². The van der Waals surface area contributed by atoms with Crippen molar-refractivity contribution in [3.05, 3.63) is 41.1 Å². The zero-order chi connectivity index (χ0) is 19.6. The monoisotopic (exact) mass is 370 g/mol. The van der Waals surface area contributed by atoms with Crippen LogP contribution < -0.4 is 15.0 Å². The van der Waals surface area contributed by atoms with E-state index in [9.17, 15) is 9.90 Å². The fraction of sp³-hybridized carbons (Fsp3) is 0.400. The Morgan fingerprint density at radius 1 is 1.15 bits per heavy atom. The van der Waals surface area contributed by atoms with Crippen molar-refractivity contribution < 1.29 is 14.6 Å². The van der Waals surface area contributed by atoms with E-state index in [2.05, 4.69) is 15.2 Å². The topological polar surface area (TPSA) is 77.9 Å². The number of benzene rings is 1. The molecule has 0 bridgehead atoms. The molecule has 7 heteroatoms. The van der Waals surface area contributed by atoms with Crippen LogP contribution in [0.3, 0.4) is 0 Å². The van der Waals surface area contributed by atoms with Gasteiger partial charge in [0.15, 0.2) is 0 Å². The Morgan fingerprint density at radius 2 is 1.85 bits per heavy atom. The number of nitrogens with one attached hydrogen (secondary N) is 1. The molecule has 7 nitrogen and oxygen atoms in total. The molecule has 0 spiro atoms. The number of hydrogen-bond acceptors (Lipinski definition) is 5. The number of piperazine rings is 1. The van der Waals surface area contributed by atoms with Crippen LogP contribution in [0.4, 0.5) is 16.2 Å². The van der Waals surface area contributed by atoms with E-state index in [0.717, 1.165) is 22.5 Å². The molecule has 1 aromatic carbocycles. The van der Waals surface area contributed by atoms with Crippen molar-refractivity contribution in [2.75, 3.05) is 43.5 Å². The Morgan fingerprint density at radius 3 is 2.48 bits per heavy atom. The summed E-state index contributed by atoms with van der Waals surface area (Å²) in [5, 5.41) is 13.1. The minimum absolute atomic E-state index is 0.175. The normalized spacial score (nSPS) is 14.2. The van der Waals surface area contributed by atoms with E-state index in [4.69, 9.17) is 4.74 Å². The van der Waals surface area contributed by atoms with Crippen molar-refractivity contribution in [2.24, 2.45) is 0 Å². The largest absolute Gasteiger partial charge is 0.506 e. The standard InChI is InChI=1S/C20H26N4O3/c1-13-5-6-17(18(25)11-13)23-7-9-24(10-8-23)20(26)22-16-12-14(2)15(3)21-19(16)27-4/h5-6,11-12,25H,7-10H2,1-4H3,(H,22,26). The molecule has 0 atom stereocenters. The quantitative estimate of drug-likeness (QED) is 0.868. The summed E-state index contributed by atoms with van der Waals surface area (Å²) in [6.07, 6.45) is 0. The number of ether oxygens (including phenoxy) is 1. The first-order valence-corrected chi connectivity index (χ1v) is 9.01. The molecule has 1 aliphatic heterocycles. The average Bonchev–Trinajstić information content (AvgIpc) is 2.64. The molecule has 1 fully saturated rings. The van der Waals surface area contributed by atoms with Crippen molar-refractivity contribution in [3.63, 3.8) is 0 Å². The number of pyridine rings is 1. The number of amides is 2. The SMILES string of the molecule is COc1nc(C)c(C)cc1NC(=O)N1CCN(c2ccc(C)cc2O)CC1. The first-order chi connectivity index (χ1) is 12.9. The highest BCUT2D eigenvalue weighted by Gasteiger charge is 2.23. The van der Waals surface area contributed by atoms with Crippen LogP contribution in [0.15, 0.2) is 24.3 Å². The van der Waals surface area contributed by atoms with Crippen LogP contribution in [0.1, 0.15) is 16.8 Å². The number of hydrogen-bond donors (Lipinski definition) is 2. The minimum atomic E-state index is -0.175. The summed E-state index contributed by atoms with van der Waals surface area (Å²) >= 11 is 0. The highest BCUT2D eigenvalue weighted by molar-refractivity contribution is 5.91. The van der Waals surface area contributed by atoms with Gasteiger partial charge >= 0.3 is 6.03 Å². The van der Waals surface area contributed by atoms with Crippen molar-refractivity contribution in [1.29, 1.82) is 0 Å². The number of phenols is 1. The lowest BCUT2D eigenvalue weighted by Gasteiger charge is -2.36. The van der Waals surface area contributed by atoms with Gasteiger partial charge in [-0.05, 0) is 50.1 Å². The van der Waals surface area contributed by atoms with E-state index in [0.29, 0.717) is 37.7 Å². The second-order valence-corrected chi connectivity index (χ2v) is 6.84. The number of aromatic nitrogens is 1. The molecule has 0 radical (unpaired) electrons. The second kappa shape index (κ2) is 7.73. The summed E-state index contributed by atoms with van der Waals surface area (Å²) in [5.41, 5.74) is 4.26. The Balaban J connectivity index is 1.64. The molecule has 3 rings (SSSR count). The van der Waals surface area contributed by atoms with Crippen LogP contribution in [-0.4, -0.2) is 54.3 Å². The Bertz CT molecular complexity index is 845. The van der Waals surface area contributed by atoms with Crippen LogP contribution in [0, 0.1) is 20.8 Å². The van der Waals surface area contributed by atoms with Crippen LogP contribution in [0.2, 0.25) is 0 Å². The summed E-state index contributed by atoms with van der Waals surface area (Å²) < 4.78 is 5.29. The van der Waals surface area contributed by atoms with Crippen LogP contribution in [0.5, 0.6) is 11.6 Å². The molecular formula is C20H26N4O3. The van der Waals surface area contributed by atoms with Gasteiger partial charge < -0.3 is 25.0 Å². The Labute approximate surface area is 159 Å². The first-order valence-electron chi connectivity index (χ1n) is 9.01. The molecule has 27 heavy (non-hydrogen) atoms. The lowest BCUT2D eigenvalue weighted by atomic mass is 10.2. The fourth-order valence-electron chi connectivity index (χ4n) is 3.17. The lowest BCUT2D eigenvalue weighted by Crippen LogP contribution is -2.50. The maximum Gasteiger partial charge on any atom is 0.322 e. The number of urea groups is 1. The zero-order valence-corrected chi connectivity index (χ0v) is 16.2. The summed E-state index contributed by atoms with van der Waals surface area (Å²) in [6.45, 7) is 8.26. The number of aryl methyl sites for hydroxylation is 3. The minimum Gasteiger partial charge on any atom is -0.506 e. The number of methoxy groups -OCH3 is 1. The molecule has 0 unspecified atom stereocenters. The van der Waals surface area contributed by atoms with Gasteiger partial charge in [-0.2, -0.15) is 0 Å². The van der Waals surface area contributed by atoms with Gasteiger partial charge in [0.2, 0.25) is 5.88 Å². The van der Waals surface area contributed by atoms with Crippen LogP contribution in [-0.2, 0) is 0 Å². The maximum absolute atomic E-state index is 12.7. The molecule has 2 amide bonds. The number of nitrogens with zero attached hydrogens (tertiary/aromatic N) is 3. The number of anilines is 2. The van der Waals surface area contributed by atoms with Crippen molar-refractivity contribution in [1.82, 2.24) is 9.88 Å². The van der Waals surface area contributed by atoms with Gasteiger partial charge in [0.25, 0.3) is 0 Å². The molecule has 1 aliphatic rings. The summed E-state index contributed by atoms with van der Waals surface area (Å²) in [5.74, 6) is 0.688. The molecule has 1 aromatic heterocycles. The molecular weight excluding hydrogens is 344 g/mol. The number of aromatic hydroxyl groups is 1. The number of phenolic OH excluding ortho intramolecular Hbond substituents is 1. The summed E-state index contributed by atoms with van der Waals surface area (Å²) in [7, 11) is 1.54. The second-order valence-electron chi connectivity index (χ2n) is 6.84. The van der Waals surface area contributed by atoms with E-state index in [-0.39, 0.29) is 11.8 Å². The maximum atomic E-state index is 12.7. The van der Waals surface area contributed by atoms with Crippen LogP contribution in [0.25, 0.3) is 0 Å². The smallest absolute Gasteiger partial charge is 0.322 e. The highest BCUT2D eigenvalue weighted by Crippen LogP contribution is 2.29. The lowest BCUT2D eigenvalue weighted by molar-refractivity contribution is 0.208. The first kappa shape index (κ1) is 18.8. The number of carbonyl (C=O) groups is 1. The number of carbonyl (C=O) groups excluding carboxylic acids is 1. The van der Waals surface area contributed by atoms with E-state index >= 15 is 0 Å². The van der Waals surface area contributed by atoms with Gasteiger partial charge in [-0.1, -0.05) is 6.07 Å². The van der Waals surface area contributed by atoms with Gasteiger partial charge in [0, 0.05) is 31.9 Å². The van der Waals surface area contributed by atoms with Crippen molar-refractivity contribution in [2.45, 2.75) is 20.8 Å². The predicted octanol–water partition coefficient (Wildman–Crippen LogP) is 3.08. The molecule has 144 valence electrons. The van der Waals surface area contributed by atoms with Gasteiger partial charge in [0.05, 0.1) is 12.8 Å². The third-order valence-corrected chi connectivity index (χ3v) is 4.90. The Kier molecular flexibility index (Phi) is 5.39. The van der Waals surface area contributed by atoms with E-state index in [1.165, 1.54) is 0 Å². The van der Waals surface area contributed by atoms with Crippen molar-refractivity contribution in [3.8, 4) is 11.6 Å². The third-order valence-electron chi connectivity index (χ3n) is 4.90. The van der Waals surface area contributed by atoms with Gasteiger partial charge in [-0.3, -0.25) is 0 Å². The molecule has 2 aromatic rings. The van der Waals surface area contributed by atoms with Gasteiger partial charge in [0.1, 0.15) is 11.4 Å². The molecule has 0 aliphatic carbocycles. The van der Waals surface area contributed by atoms with E-state index in [1.807, 2.05) is 39.0 Å². The van der Waals surface area contributed by atoms with Gasteiger partial charge in [-0.25, -0.2) is 9.78 Å². The highest BCUT2D eigenvalue weighted by atomic mass is 16.5. The van der Waals surface area contributed by atoms with E-state index < -0.39 is 0 Å². The summed E-state index contributed by atoms with van der Waals surface area (Å²) in [4.78, 5) is 20.9. The molecule has 1 saturated heterocycles. The fourth-order valence-corrected chi connectivity index (χ4v) is 3.17. The Hall–Kier alpha value is -2.96. The molecule has 2 N–H and O–H groups in total. The van der Waals surface area contributed by atoms with E-state index in [1.54, 1.807) is 18.1 Å². The number of rotatable bonds is 3. The van der Waals surface area contributed by atoms with Crippen molar-refractivity contribution >= 4 is 17.4 Å². The molecule has 2 heterocycles. The predicted molar refractivity (Wildman–Crippen MR) is 106 cm³/mol. The summed E-state index contributed by atoms with van der Waals surface area (Å²) in [6, 6.07) is 7.36. The zero-order valence-electron chi connectivity index (χ0n) is 16.2. The third kappa shape index (κ3) is 4.07. The molecule has 0 saturated carbocycles. The van der Waals surface area contributed by atoms with Crippen LogP contribution >= 0.6 is 0 Å².